The number of ether oxygens (including phenoxy) is 1. The summed E-state index contributed by atoms with van der Waals surface area (Å²) in [5.74, 6) is -0.310. The largest absolute Gasteiger partial charge is 0.475 e. The Kier molecular flexibility index (Phi) is 3.81. The van der Waals surface area contributed by atoms with E-state index in [1.165, 1.54) is 0 Å². The molecule has 0 amide bonds. The maximum atomic E-state index is 10.8. The Balaban J connectivity index is 2.04. The van der Waals surface area contributed by atoms with E-state index in [9.17, 15) is 4.79 Å². The fourth-order valence-electron chi connectivity index (χ4n) is 1.98. The van der Waals surface area contributed by atoms with Crippen molar-refractivity contribution in [2.75, 3.05) is 26.3 Å². The fourth-order valence-corrected chi connectivity index (χ4v) is 1.98. The molecular weight excluding hydrogens is 222 g/mol. The first-order chi connectivity index (χ1) is 8.16. The second-order valence-electron chi connectivity index (χ2n) is 4.24. The summed E-state index contributed by atoms with van der Waals surface area (Å²) in [6, 6.07) is 1.61. The second kappa shape index (κ2) is 5.33. The van der Waals surface area contributed by atoms with Gasteiger partial charge in [-0.15, -0.1) is 0 Å². The zero-order chi connectivity index (χ0) is 12.3. The molecule has 0 unspecified atom stereocenters. The molecule has 17 heavy (non-hydrogen) atoms. The molecule has 1 N–H and O–H groups in total. The van der Waals surface area contributed by atoms with Crippen molar-refractivity contribution in [3.63, 3.8) is 0 Å². The van der Waals surface area contributed by atoms with E-state index in [2.05, 4.69) is 4.90 Å². The van der Waals surface area contributed by atoms with Crippen molar-refractivity contribution in [3.8, 4) is 0 Å². The van der Waals surface area contributed by atoms with Gasteiger partial charge in [0.25, 0.3) is 0 Å². The number of carboxylic acids is 1. The zero-order valence-electron chi connectivity index (χ0n) is 9.94. The van der Waals surface area contributed by atoms with Gasteiger partial charge in [0.1, 0.15) is 5.76 Å². The number of hydrogen-bond donors (Lipinski definition) is 1. The van der Waals surface area contributed by atoms with Gasteiger partial charge in [-0.1, -0.05) is 0 Å². The lowest BCUT2D eigenvalue weighted by molar-refractivity contribution is 0.0661. The number of aryl methyl sites for hydroxylation is 1. The van der Waals surface area contributed by atoms with E-state index < -0.39 is 5.97 Å². The normalized spacial score (nSPS) is 17.9. The Morgan fingerprint density at radius 2 is 2.29 bits per heavy atom. The topological polar surface area (TPSA) is 62.9 Å². The second-order valence-corrected chi connectivity index (χ2v) is 4.24. The first-order valence-electron chi connectivity index (χ1n) is 5.79. The van der Waals surface area contributed by atoms with Gasteiger partial charge in [-0.3, -0.25) is 4.90 Å². The van der Waals surface area contributed by atoms with Gasteiger partial charge in [-0.25, -0.2) is 4.79 Å². The van der Waals surface area contributed by atoms with Crippen molar-refractivity contribution in [1.29, 1.82) is 0 Å². The number of furan rings is 1. The van der Waals surface area contributed by atoms with Gasteiger partial charge in [0.05, 0.1) is 6.61 Å². The molecule has 0 bridgehead atoms. The molecule has 0 spiro atoms. The van der Waals surface area contributed by atoms with Crippen LogP contribution in [0.5, 0.6) is 0 Å². The molecule has 1 aliphatic rings. The molecule has 1 saturated heterocycles. The lowest BCUT2D eigenvalue weighted by Gasteiger charge is -2.18. The van der Waals surface area contributed by atoms with Crippen LogP contribution in [0.2, 0.25) is 0 Å². The highest BCUT2D eigenvalue weighted by atomic mass is 16.5. The monoisotopic (exact) mass is 239 g/mol. The van der Waals surface area contributed by atoms with Gasteiger partial charge < -0.3 is 14.3 Å². The maximum absolute atomic E-state index is 10.8. The maximum Gasteiger partial charge on any atom is 0.371 e. The number of carbonyl (C=O) groups is 1. The van der Waals surface area contributed by atoms with Crippen molar-refractivity contribution < 1.29 is 19.1 Å². The fraction of sp³-hybridized carbons (Fsp3) is 0.583. The van der Waals surface area contributed by atoms with E-state index in [0.29, 0.717) is 5.76 Å². The highest BCUT2D eigenvalue weighted by Crippen LogP contribution is 2.17. The van der Waals surface area contributed by atoms with Crippen LogP contribution >= 0.6 is 0 Å². The van der Waals surface area contributed by atoms with Crippen LogP contribution < -0.4 is 0 Å². The Bertz CT molecular complexity index is 391. The summed E-state index contributed by atoms with van der Waals surface area (Å²) in [4.78, 5) is 13.0. The Morgan fingerprint density at radius 3 is 3.00 bits per heavy atom. The molecule has 0 saturated carbocycles. The molecule has 5 heteroatoms. The molecule has 0 radical (unpaired) electrons. The highest BCUT2D eigenvalue weighted by molar-refractivity contribution is 5.84. The zero-order valence-corrected chi connectivity index (χ0v) is 9.94. The summed E-state index contributed by atoms with van der Waals surface area (Å²) in [6.07, 6.45) is 1.02. The van der Waals surface area contributed by atoms with Crippen molar-refractivity contribution >= 4 is 5.97 Å². The van der Waals surface area contributed by atoms with E-state index in [0.717, 1.165) is 44.8 Å². The number of hydrogen-bond acceptors (Lipinski definition) is 4. The van der Waals surface area contributed by atoms with E-state index in [4.69, 9.17) is 14.3 Å². The number of aromatic carboxylic acids is 1. The predicted molar refractivity (Wildman–Crippen MR) is 61.1 cm³/mol. The van der Waals surface area contributed by atoms with Gasteiger partial charge in [0.15, 0.2) is 0 Å². The molecule has 0 aromatic carbocycles. The average Bonchev–Trinajstić information content (AvgIpc) is 2.52. The van der Waals surface area contributed by atoms with Gasteiger partial charge >= 0.3 is 5.97 Å². The van der Waals surface area contributed by atoms with Crippen LogP contribution in [0.15, 0.2) is 10.5 Å². The van der Waals surface area contributed by atoms with Crippen molar-refractivity contribution in [2.24, 2.45) is 0 Å². The molecule has 1 aromatic rings. The minimum absolute atomic E-state index is 0.0172. The van der Waals surface area contributed by atoms with Crippen LogP contribution in [0.25, 0.3) is 0 Å². The first-order valence-corrected chi connectivity index (χ1v) is 5.79. The molecule has 94 valence electrons. The number of carboxylic acid groups (broad SMARTS) is 1. The minimum atomic E-state index is -1.02. The summed E-state index contributed by atoms with van der Waals surface area (Å²) in [7, 11) is 0. The first kappa shape index (κ1) is 12.1. The summed E-state index contributed by atoms with van der Waals surface area (Å²) in [5.41, 5.74) is 0.948. The minimum Gasteiger partial charge on any atom is -0.475 e. The van der Waals surface area contributed by atoms with E-state index in [-0.39, 0.29) is 5.76 Å². The van der Waals surface area contributed by atoms with Crippen LogP contribution in [0.1, 0.15) is 28.3 Å². The van der Waals surface area contributed by atoms with E-state index in [1.54, 1.807) is 13.0 Å². The van der Waals surface area contributed by atoms with Crippen molar-refractivity contribution in [3.05, 3.63) is 23.2 Å². The molecular formula is C12H17NO4. The third-order valence-corrected chi connectivity index (χ3v) is 2.94. The van der Waals surface area contributed by atoms with Crippen molar-refractivity contribution in [1.82, 2.24) is 4.90 Å². The molecule has 5 nitrogen and oxygen atoms in total. The molecule has 0 aliphatic carbocycles. The quantitative estimate of drug-likeness (QED) is 0.866. The third-order valence-electron chi connectivity index (χ3n) is 2.94. The smallest absolute Gasteiger partial charge is 0.371 e. The Labute approximate surface area is 100.0 Å². The van der Waals surface area contributed by atoms with Crippen LogP contribution in [-0.4, -0.2) is 42.3 Å². The van der Waals surface area contributed by atoms with Crippen molar-refractivity contribution in [2.45, 2.75) is 19.9 Å². The lowest BCUT2D eigenvalue weighted by atomic mass is 10.2. The Hall–Kier alpha value is -1.33. The molecule has 2 heterocycles. The third kappa shape index (κ3) is 3.08. The average molecular weight is 239 g/mol. The standard InChI is InChI=1S/C12H17NO4/c1-9-10(7-11(17-9)12(14)15)8-13-3-2-5-16-6-4-13/h7H,2-6,8H2,1H3,(H,14,15). The number of rotatable bonds is 3. The van der Waals surface area contributed by atoms with Crippen LogP contribution in [0.3, 0.4) is 0 Å². The van der Waals surface area contributed by atoms with Gasteiger partial charge in [0.2, 0.25) is 5.76 Å². The highest BCUT2D eigenvalue weighted by Gasteiger charge is 2.16. The molecule has 1 fully saturated rings. The summed E-state index contributed by atoms with van der Waals surface area (Å²) < 4.78 is 10.6. The number of nitrogens with zero attached hydrogens (tertiary/aromatic N) is 1. The summed E-state index contributed by atoms with van der Waals surface area (Å²) in [5, 5.41) is 8.85. The van der Waals surface area contributed by atoms with Gasteiger partial charge in [0, 0.05) is 31.8 Å². The van der Waals surface area contributed by atoms with Crippen LogP contribution in [-0.2, 0) is 11.3 Å². The SMILES string of the molecule is Cc1oc(C(=O)O)cc1CN1CCCOCC1. The lowest BCUT2D eigenvalue weighted by Crippen LogP contribution is -2.25. The van der Waals surface area contributed by atoms with Crippen LogP contribution in [0, 0.1) is 6.92 Å². The van der Waals surface area contributed by atoms with Crippen LogP contribution in [0.4, 0.5) is 0 Å². The van der Waals surface area contributed by atoms with E-state index in [1.807, 2.05) is 0 Å². The molecule has 1 aliphatic heterocycles. The van der Waals surface area contributed by atoms with E-state index >= 15 is 0 Å². The molecule has 2 rings (SSSR count). The molecule has 0 atom stereocenters. The molecule has 1 aromatic heterocycles. The van der Waals surface area contributed by atoms with Gasteiger partial charge in [-0.05, 0) is 19.4 Å². The Morgan fingerprint density at radius 1 is 1.47 bits per heavy atom. The summed E-state index contributed by atoms with van der Waals surface area (Å²) in [6.45, 7) is 5.94. The van der Waals surface area contributed by atoms with Gasteiger partial charge in [-0.2, -0.15) is 0 Å². The summed E-state index contributed by atoms with van der Waals surface area (Å²) >= 11 is 0. The predicted octanol–water partition coefficient (Wildman–Crippen LogP) is 1.51.